The van der Waals surface area contributed by atoms with Gasteiger partial charge in [-0.2, -0.15) is 0 Å². The number of allylic oxidation sites excluding steroid dienone is 1. The first-order valence-corrected chi connectivity index (χ1v) is 10.6. The summed E-state index contributed by atoms with van der Waals surface area (Å²) in [4.78, 5) is 9.50. The average molecular weight is 420 g/mol. The zero-order valence-corrected chi connectivity index (χ0v) is 19.1. The highest BCUT2D eigenvalue weighted by molar-refractivity contribution is 6.30. The van der Waals surface area contributed by atoms with Gasteiger partial charge in [0.05, 0.1) is 5.69 Å². The molecule has 0 aliphatic carbocycles. The number of nitrogens with zero attached hydrogens (tertiary/aromatic N) is 3. The maximum Gasteiger partial charge on any atom is 0.116 e. The zero-order chi connectivity index (χ0) is 22.0. The van der Waals surface area contributed by atoms with Gasteiger partial charge in [-0.05, 0) is 62.2 Å². The van der Waals surface area contributed by atoms with E-state index < -0.39 is 0 Å². The van der Waals surface area contributed by atoms with Crippen LogP contribution in [0.15, 0.2) is 72.9 Å². The highest BCUT2D eigenvalue weighted by atomic mass is 35.5. The summed E-state index contributed by atoms with van der Waals surface area (Å²) in [5.74, 6) is 1.20. The fraction of sp³-hybridized carbons (Fsp3) is 0.269. The lowest BCUT2D eigenvalue weighted by Gasteiger charge is -2.36. The SMILES string of the molecule is C=CCCN(C(=C)C)c1ccc2c(c1C)N=C(C(C)C)N(c1ccc(Cl)cc1)C2=C. The summed E-state index contributed by atoms with van der Waals surface area (Å²) in [7, 11) is 0. The zero-order valence-electron chi connectivity index (χ0n) is 18.4. The highest BCUT2D eigenvalue weighted by Crippen LogP contribution is 2.43. The third-order valence-corrected chi connectivity index (χ3v) is 5.60. The third-order valence-electron chi connectivity index (χ3n) is 5.35. The topological polar surface area (TPSA) is 18.8 Å². The van der Waals surface area contributed by atoms with Crippen LogP contribution in [0.1, 0.15) is 38.3 Å². The molecule has 2 aromatic carbocycles. The molecule has 0 atom stereocenters. The van der Waals surface area contributed by atoms with Crippen LogP contribution in [0.4, 0.5) is 17.1 Å². The Labute approximate surface area is 185 Å². The number of halogens is 1. The molecule has 0 radical (unpaired) electrons. The molecule has 3 rings (SSSR count). The molecule has 1 aliphatic rings. The maximum atomic E-state index is 6.11. The molecule has 30 heavy (non-hydrogen) atoms. The van der Waals surface area contributed by atoms with Gasteiger partial charge in [0.1, 0.15) is 5.84 Å². The summed E-state index contributed by atoms with van der Waals surface area (Å²) in [5, 5.41) is 0.713. The van der Waals surface area contributed by atoms with Crippen molar-refractivity contribution in [3.8, 4) is 0 Å². The Balaban J connectivity index is 2.14. The fourth-order valence-corrected chi connectivity index (χ4v) is 3.91. The van der Waals surface area contributed by atoms with Gasteiger partial charge in [0, 0.05) is 45.8 Å². The van der Waals surface area contributed by atoms with Crippen LogP contribution >= 0.6 is 11.6 Å². The number of benzene rings is 2. The molecule has 0 bridgehead atoms. The van der Waals surface area contributed by atoms with Gasteiger partial charge in [0.2, 0.25) is 0 Å². The molecule has 0 aromatic heterocycles. The van der Waals surface area contributed by atoms with Crippen molar-refractivity contribution in [3.63, 3.8) is 0 Å². The second kappa shape index (κ2) is 8.93. The molecule has 0 saturated heterocycles. The van der Waals surface area contributed by atoms with Gasteiger partial charge in [-0.3, -0.25) is 4.90 Å². The number of rotatable bonds is 7. The molecule has 4 heteroatoms. The minimum absolute atomic E-state index is 0.228. The van der Waals surface area contributed by atoms with Crippen molar-refractivity contribution in [3.05, 3.63) is 84.1 Å². The summed E-state index contributed by atoms with van der Waals surface area (Å²) >= 11 is 6.11. The van der Waals surface area contributed by atoms with Crippen molar-refractivity contribution in [2.45, 2.75) is 34.1 Å². The Morgan fingerprint density at radius 1 is 1.20 bits per heavy atom. The summed E-state index contributed by atoms with van der Waals surface area (Å²) in [6.07, 6.45) is 2.82. The van der Waals surface area contributed by atoms with Gasteiger partial charge >= 0.3 is 0 Å². The van der Waals surface area contributed by atoms with E-state index in [4.69, 9.17) is 16.6 Å². The van der Waals surface area contributed by atoms with E-state index in [-0.39, 0.29) is 5.92 Å². The second-order valence-electron chi connectivity index (χ2n) is 7.95. The molecule has 1 heterocycles. The predicted octanol–water partition coefficient (Wildman–Crippen LogP) is 7.74. The van der Waals surface area contributed by atoms with Crippen molar-refractivity contribution >= 4 is 40.2 Å². The van der Waals surface area contributed by atoms with E-state index in [9.17, 15) is 0 Å². The largest absolute Gasteiger partial charge is 0.345 e. The highest BCUT2D eigenvalue weighted by Gasteiger charge is 2.29. The van der Waals surface area contributed by atoms with Gasteiger partial charge in [0.15, 0.2) is 0 Å². The number of fused-ring (bicyclic) bond motifs is 1. The van der Waals surface area contributed by atoms with Gasteiger partial charge < -0.3 is 4.90 Å². The normalized spacial score (nSPS) is 13.2. The van der Waals surface area contributed by atoms with Crippen LogP contribution in [0.3, 0.4) is 0 Å². The standard InChI is InChI=1S/C26H30ClN3/c1-8-9-16-29(18(4)5)24-15-14-23-20(7)30(22-12-10-21(27)11-13-22)26(17(2)3)28-25(23)19(24)6/h8,10-15,17H,1,4,7,9,16H2,2-3,5-6H3. The van der Waals surface area contributed by atoms with E-state index in [0.29, 0.717) is 5.02 Å². The number of amidine groups is 1. The summed E-state index contributed by atoms with van der Waals surface area (Å²) in [6.45, 7) is 21.8. The van der Waals surface area contributed by atoms with Crippen LogP contribution in [0.25, 0.3) is 5.70 Å². The summed E-state index contributed by atoms with van der Waals surface area (Å²) in [5.41, 5.74) is 7.23. The molecule has 0 N–H and O–H groups in total. The monoisotopic (exact) mass is 419 g/mol. The van der Waals surface area contributed by atoms with Crippen LogP contribution in [0, 0.1) is 12.8 Å². The van der Waals surface area contributed by atoms with Crippen LogP contribution in [0.2, 0.25) is 5.02 Å². The predicted molar refractivity (Wildman–Crippen MR) is 133 cm³/mol. The van der Waals surface area contributed by atoms with Gasteiger partial charge in [-0.15, -0.1) is 6.58 Å². The first-order chi connectivity index (χ1) is 14.3. The molecule has 156 valence electrons. The number of aliphatic imine (C=N–C) groups is 1. The molecule has 0 unspecified atom stereocenters. The van der Waals surface area contributed by atoms with Crippen LogP contribution in [0.5, 0.6) is 0 Å². The van der Waals surface area contributed by atoms with E-state index in [1.807, 2.05) is 37.3 Å². The Hall–Kier alpha value is -2.78. The quantitative estimate of drug-likeness (QED) is 0.427. The molecule has 1 aliphatic heterocycles. The van der Waals surface area contributed by atoms with Crippen molar-refractivity contribution in [1.82, 2.24) is 0 Å². The maximum absolute atomic E-state index is 6.11. The Bertz CT molecular complexity index is 1020. The van der Waals surface area contributed by atoms with Crippen molar-refractivity contribution in [1.29, 1.82) is 0 Å². The van der Waals surface area contributed by atoms with Crippen LogP contribution in [-0.4, -0.2) is 12.4 Å². The van der Waals surface area contributed by atoms with Crippen LogP contribution < -0.4 is 9.80 Å². The number of anilines is 2. The van der Waals surface area contributed by atoms with Crippen molar-refractivity contribution in [2.24, 2.45) is 10.9 Å². The molecule has 0 spiro atoms. The summed E-state index contributed by atoms with van der Waals surface area (Å²) < 4.78 is 0. The lowest BCUT2D eigenvalue weighted by Crippen LogP contribution is -2.35. The first-order valence-electron chi connectivity index (χ1n) is 10.3. The average Bonchev–Trinajstić information content (AvgIpc) is 2.70. The van der Waals surface area contributed by atoms with E-state index in [2.05, 4.69) is 62.4 Å². The Morgan fingerprint density at radius 2 is 1.87 bits per heavy atom. The molecular formula is C26H30ClN3. The molecule has 3 nitrogen and oxygen atoms in total. The molecular weight excluding hydrogens is 390 g/mol. The number of hydrogen-bond acceptors (Lipinski definition) is 3. The van der Waals surface area contributed by atoms with Gasteiger partial charge in [-0.25, -0.2) is 4.99 Å². The van der Waals surface area contributed by atoms with E-state index in [0.717, 1.165) is 58.4 Å². The Morgan fingerprint density at radius 3 is 2.43 bits per heavy atom. The van der Waals surface area contributed by atoms with Crippen molar-refractivity contribution in [2.75, 3.05) is 16.3 Å². The Kier molecular flexibility index (Phi) is 6.52. The smallest absolute Gasteiger partial charge is 0.116 e. The molecule has 0 amide bonds. The minimum atomic E-state index is 0.228. The minimum Gasteiger partial charge on any atom is -0.345 e. The molecule has 2 aromatic rings. The fourth-order valence-electron chi connectivity index (χ4n) is 3.79. The van der Waals surface area contributed by atoms with E-state index >= 15 is 0 Å². The second-order valence-corrected chi connectivity index (χ2v) is 8.39. The first kappa shape index (κ1) is 21.9. The van der Waals surface area contributed by atoms with Gasteiger partial charge in [0.25, 0.3) is 0 Å². The van der Waals surface area contributed by atoms with E-state index in [1.165, 1.54) is 0 Å². The lowest BCUT2D eigenvalue weighted by molar-refractivity contribution is 0.861. The third kappa shape index (κ3) is 4.08. The number of hydrogen-bond donors (Lipinski definition) is 0. The van der Waals surface area contributed by atoms with Gasteiger partial charge in [-0.1, -0.05) is 44.7 Å². The van der Waals surface area contributed by atoms with Crippen molar-refractivity contribution < 1.29 is 0 Å². The lowest BCUT2D eigenvalue weighted by atomic mass is 9.98. The molecule has 0 fully saturated rings. The molecule has 0 saturated carbocycles. The van der Waals surface area contributed by atoms with Crippen LogP contribution in [-0.2, 0) is 0 Å². The summed E-state index contributed by atoms with van der Waals surface area (Å²) in [6, 6.07) is 12.1. The van der Waals surface area contributed by atoms with E-state index in [1.54, 1.807) is 0 Å².